The van der Waals surface area contributed by atoms with Gasteiger partial charge in [-0.1, -0.05) is 0 Å². The molecule has 3 N–H and O–H groups in total. The molecule has 72 valence electrons. The molecular formula is C8H8N4O2. The minimum Gasteiger partial charge on any atom is -0.384 e. The zero-order valence-corrected chi connectivity index (χ0v) is 7.23. The van der Waals surface area contributed by atoms with Crippen LogP contribution in [0.2, 0.25) is 0 Å². The van der Waals surface area contributed by atoms with E-state index < -0.39 is 0 Å². The Balaban J connectivity index is 2.16. The van der Waals surface area contributed by atoms with Crippen molar-refractivity contribution in [1.29, 1.82) is 0 Å². The number of H-pyrrole nitrogens is 1. The van der Waals surface area contributed by atoms with E-state index in [1.807, 2.05) is 0 Å². The van der Waals surface area contributed by atoms with Crippen molar-refractivity contribution in [2.45, 2.75) is 6.54 Å². The molecular weight excluding hydrogens is 184 g/mol. The van der Waals surface area contributed by atoms with Gasteiger partial charge < -0.3 is 5.73 Å². The molecule has 1 aromatic heterocycles. The number of nitrogen functional groups attached to an aromatic ring is 1. The number of hydrogen-bond acceptors (Lipinski definition) is 4. The maximum Gasteiger partial charge on any atom is 0.253 e. The maximum atomic E-state index is 11.2. The zero-order chi connectivity index (χ0) is 10.1. The molecule has 0 atom stereocenters. The summed E-state index contributed by atoms with van der Waals surface area (Å²) < 4.78 is 0. The summed E-state index contributed by atoms with van der Waals surface area (Å²) in [7, 11) is 0. The van der Waals surface area contributed by atoms with E-state index in [4.69, 9.17) is 5.73 Å². The van der Waals surface area contributed by atoms with Crippen molar-refractivity contribution < 1.29 is 9.59 Å². The SMILES string of the molecule is Nc1[nH]ncc1CN1C(=O)C=CC1=O. The molecule has 0 spiro atoms. The Kier molecular flexibility index (Phi) is 1.81. The molecule has 0 fully saturated rings. The molecule has 1 aromatic rings. The lowest BCUT2D eigenvalue weighted by Gasteiger charge is -2.12. The first-order valence-electron chi connectivity index (χ1n) is 4.00. The Morgan fingerprint density at radius 2 is 2.00 bits per heavy atom. The van der Waals surface area contributed by atoms with Crippen LogP contribution in [0.15, 0.2) is 18.3 Å². The fourth-order valence-corrected chi connectivity index (χ4v) is 1.20. The standard InChI is InChI=1S/C8H8N4O2/c9-8-5(3-10-11-8)4-12-6(13)1-2-7(12)14/h1-3H,4H2,(H3,9,10,11). The normalized spacial score (nSPS) is 15.6. The van der Waals surface area contributed by atoms with Crippen molar-refractivity contribution in [1.82, 2.24) is 15.1 Å². The van der Waals surface area contributed by atoms with Crippen molar-refractivity contribution in [3.63, 3.8) is 0 Å². The molecule has 1 aliphatic rings. The average Bonchev–Trinajstić information content (AvgIpc) is 2.67. The van der Waals surface area contributed by atoms with Crippen LogP contribution in [0.4, 0.5) is 5.82 Å². The Bertz CT molecular complexity index is 403. The number of aromatic nitrogens is 2. The highest BCUT2D eigenvalue weighted by molar-refractivity contribution is 6.12. The van der Waals surface area contributed by atoms with Crippen LogP contribution in [0.1, 0.15) is 5.56 Å². The zero-order valence-electron chi connectivity index (χ0n) is 7.23. The van der Waals surface area contributed by atoms with E-state index in [0.717, 1.165) is 4.90 Å². The van der Waals surface area contributed by atoms with Crippen LogP contribution in [0.5, 0.6) is 0 Å². The van der Waals surface area contributed by atoms with E-state index in [9.17, 15) is 9.59 Å². The van der Waals surface area contributed by atoms with Gasteiger partial charge in [0.2, 0.25) is 0 Å². The maximum absolute atomic E-state index is 11.2. The summed E-state index contributed by atoms with van der Waals surface area (Å²) in [5, 5.41) is 6.22. The molecule has 0 radical (unpaired) electrons. The Hall–Kier alpha value is -2.11. The van der Waals surface area contributed by atoms with Gasteiger partial charge in [0, 0.05) is 17.7 Å². The number of nitrogens with one attached hydrogen (secondary N) is 1. The van der Waals surface area contributed by atoms with Gasteiger partial charge >= 0.3 is 0 Å². The van der Waals surface area contributed by atoms with Crippen LogP contribution in [-0.2, 0) is 16.1 Å². The van der Waals surface area contributed by atoms with E-state index in [0.29, 0.717) is 11.4 Å². The first-order valence-corrected chi connectivity index (χ1v) is 4.00. The van der Waals surface area contributed by atoms with Gasteiger partial charge in [-0.3, -0.25) is 19.6 Å². The largest absolute Gasteiger partial charge is 0.384 e. The van der Waals surface area contributed by atoms with E-state index in [-0.39, 0.29) is 18.4 Å². The highest BCUT2D eigenvalue weighted by Crippen LogP contribution is 2.13. The molecule has 0 bridgehead atoms. The molecule has 2 rings (SSSR count). The first-order chi connectivity index (χ1) is 6.68. The number of carbonyl (C=O) groups is 2. The third-order valence-electron chi connectivity index (χ3n) is 1.98. The molecule has 0 aliphatic carbocycles. The quantitative estimate of drug-likeness (QED) is 0.613. The van der Waals surface area contributed by atoms with Crippen LogP contribution < -0.4 is 5.73 Å². The minimum atomic E-state index is -0.324. The van der Waals surface area contributed by atoms with Gasteiger partial charge in [-0.15, -0.1) is 0 Å². The Morgan fingerprint density at radius 3 is 2.50 bits per heavy atom. The number of amides is 2. The number of nitrogens with zero attached hydrogens (tertiary/aromatic N) is 2. The van der Waals surface area contributed by atoms with E-state index in [1.54, 1.807) is 0 Å². The molecule has 6 heteroatoms. The van der Waals surface area contributed by atoms with Crippen LogP contribution in [0.3, 0.4) is 0 Å². The molecule has 14 heavy (non-hydrogen) atoms. The summed E-state index contributed by atoms with van der Waals surface area (Å²) in [6.07, 6.45) is 3.96. The number of imide groups is 1. The highest BCUT2D eigenvalue weighted by Gasteiger charge is 2.24. The summed E-state index contributed by atoms with van der Waals surface area (Å²) in [4.78, 5) is 23.4. The fraction of sp³-hybridized carbons (Fsp3) is 0.125. The van der Waals surface area contributed by atoms with Gasteiger partial charge in [0.1, 0.15) is 5.82 Å². The number of aromatic amines is 1. The van der Waals surface area contributed by atoms with Crippen LogP contribution in [0, 0.1) is 0 Å². The van der Waals surface area contributed by atoms with E-state index in [1.165, 1.54) is 18.3 Å². The van der Waals surface area contributed by atoms with Crippen molar-refractivity contribution in [3.05, 3.63) is 23.9 Å². The molecule has 0 unspecified atom stereocenters. The second kappa shape index (κ2) is 2.99. The van der Waals surface area contributed by atoms with Gasteiger partial charge in [0.05, 0.1) is 12.7 Å². The van der Waals surface area contributed by atoms with Gasteiger partial charge in [0.25, 0.3) is 11.8 Å². The lowest BCUT2D eigenvalue weighted by Crippen LogP contribution is -2.29. The number of hydrogen-bond donors (Lipinski definition) is 2. The fourth-order valence-electron chi connectivity index (χ4n) is 1.20. The number of nitrogens with two attached hydrogens (primary N) is 1. The predicted octanol–water partition coefficient (Wildman–Crippen LogP) is -0.583. The topological polar surface area (TPSA) is 92.1 Å². The monoisotopic (exact) mass is 192 g/mol. The third kappa shape index (κ3) is 1.26. The summed E-state index contributed by atoms with van der Waals surface area (Å²) >= 11 is 0. The van der Waals surface area contributed by atoms with Gasteiger partial charge in [-0.05, 0) is 0 Å². The first kappa shape index (κ1) is 8.49. The lowest BCUT2D eigenvalue weighted by atomic mass is 10.3. The summed E-state index contributed by atoms with van der Waals surface area (Å²) in [6, 6.07) is 0. The summed E-state index contributed by atoms with van der Waals surface area (Å²) in [5.74, 6) is -0.274. The van der Waals surface area contributed by atoms with E-state index >= 15 is 0 Å². The third-order valence-corrected chi connectivity index (χ3v) is 1.98. The van der Waals surface area contributed by atoms with Crippen molar-refractivity contribution in [2.24, 2.45) is 0 Å². The molecule has 0 saturated carbocycles. The molecule has 0 aromatic carbocycles. The van der Waals surface area contributed by atoms with E-state index in [2.05, 4.69) is 10.2 Å². The second-order valence-electron chi connectivity index (χ2n) is 2.90. The highest BCUT2D eigenvalue weighted by atomic mass is 16.2. The average molecular weight is 192 g/mol. The van der Waals surface area contributed by atoms with Crippen LogP contribution in [0.25, 0.3) is 0 Å². The Morgan fingerprint density at radius 1 is 1.36 bits per heavy atom. The number of carbonyl (C=O) groups excluding carboxylic acids is 2. The second-order valence-corrected chi connectivity index (χ2v) is 2.90. The van der Waals surface area contributed by atoms with Crippen molar-refractivity contribution >= 4 is 17.6 Å². The molecule has 1 aliphatic heterocycles. The summed E-state index contributed by atoms with van der Waals surface area (Å²) in [5.41, 5.74) is 6.16. The molecule has 2 heterocycles. The molecule has 6 nitrogen and oxygen atoms in total. The smallest absolute Gasteiger partial charge is 0.253 e. The number of anilines is 1. The Labute approximate surface area is 79.4 Å². The van der Waals surface area contributed by atoms with Crippen molar-refractivity contribution in [2.75, 3.05) is 5.73 Å². The van der Waals surface area contributed by atoms with Crippen LogP contribution >= 0.6 is 0 Å². The lowest BCUT2D eigenvalue weighted by molar-refractivity contribution is -0.137. The van der Waals surface area contributed by atoms with Crippen molar-refractivity contribution in [3.8, 4) is 0 Å². The summed E-state index contributed by atoms with van der Waals surface area (Å²) in [6.45, 7) is 0.160. The predicted molar refractivity (Wildman–Crippen MR) is 47.7 cm³/mol. The molecule has 0 saturated heterocycles. The minimum absolute atomic E-state index is 0.160. The van der Waals surface area contributed by atoms with Crippen LogP contribution in [-0.4, -0.2) is 26.9 Å². The van der Waals surface area contributed by atoms with Gasteiger partial charge in [-0.2, -0.15) is 5.10 Å². The van der Waals surface area contributed by atoms with Gasteiger partial charge in [0.15, 0.2) is 0 Å². The van der Waals surface area contributed by atoms with Gasteiger partial charge in [-0.25, -0.2) is 0 Å². The molecule has 2 amide bonds. The number of rotatable bonds is 2.